The molecule has 0 saturated carbocycles. The first-order chi connectivity index (χ1) is 8.89. The Morgan fingerprint density at radius 2 is 1.79 bits per heavy atom. The molecule has 1 aliphatic rings. The average Bonchev–Trinajstić information content (AvgIpc) is 2.38. The number of nitrogens with two attached hydrogens (primary N) is 1. The van der Waals surface area contributed by atoms with E-state index in [1.807, 2.05) is 0 Å². The molecule has 19 heavy (non-hydrogen) atoms. The number of hydrogen-bond acceptors (Lipinski definition) is 4. The summed E-state index contributed by atoms with van der Waals surface area (Å²) in [6.07, 6.45) is 0. The first-order valence-corrected chi connectivity index (χ1v) is 8.01. The SMILES string of the molecule is NC(=S)c1cccc(C(=O)N2CCS(=O)(=O)CC2)c1. The van der Waals surface area contributed by atoms with Gasteiger partial charge in [0.1, 0.15) is 4.99 Å². The Morgan fingerprint density at radius 3 is 2.37 bits per heavy atom. The second kappa shape index (κ2) is 5.26. The van der Waals surface area contributed by atoms with Crippen LogP contribution in [0.4, 0.5) is 0 Å². The van der Waals surface area contributed by atoms with Gasteiger partial charge in [0.25, 0.3) is 5.91 Å². The van der Waals surface area contributed by atoms with E-state index in [2.05, 4.69) is 0 Å². The first-order valence-electron chi connectivity index (χ1n) is 5.79. The van der Waals surface area contributed by atoms with Gasteiger partial charge in [-0.3, -0.25) is 4.79 Å². The largest absolute Gasteiger partial charge is 0.389 e. The number of carbonyl (C=O) groups is 1. The van der Waals surface area contributed by atoms with E-state index in [9.17, 15) is 13.2 Å². The van der Waals surface area contributed by atoms with Crippen molar-refractivity contribution in [3.8, 4) is 0 Å². The van der Waals surface area contributed by atoms with Crippen molar-refractivity contribution in [3.05, 3.63) is 35.4 Å². The van der Waals surface area contributed by atoms with E-state index < -0.39 is 9.84 Å². The number of sulfone groups is 1. The lowest BCUT2D eigenvalue weighted by molar-refractivity contribution is 0.0770. The summed E-state index contributed by atoms with van der Waals surface area (Å²) in [5.74, 6) is -0.144. The molecular formula is C12H14N2O3S2. The highest BCUT2D eigenvalue weighted by Crippen LogP contribution is 2.12. The normalized spacial score (nSPS) is 18.0. The van der Waals surface area contributed by atoms with Crippen LogP contribution in [-0.4, -0.2) is 48.8 Å². The maximum absolute atomic E-state index is 12.2. The van der Waals surface area contributed by atoms with Crippen molar-refractivity contribution < 1.29 is 13.2 Å². The van der Waals surface area contributed by atoms with E-state index >= 15 is 0 Å². The molecule has 0 atom stereocenters. The molecule has 0 aromatic heterocycles. The Balaban J connectivity index is 2.16. The Kier molecular flexibility index (Phi) is 3.86. The summed E-state index contributed by atoms with van der Waals surface area (Å²) in [4.78, 5) is 14.0. The molecule has 0 spiro atoms. The Bertz CT molecular complexity index is 612. The van der Waals surface area contributed by atoms with Crippen LogP contribution in [0, 0.1) is 0 Å². The Labute approximate surface area is 117 Å². The fourth-order valence-corrected chi connectivity index (χ4v) is 3.23. The minimum atomic E-state index is -2.99. The smallest absolute Gasteiger partial charge is 0.253 e. The van der Waals surface area contributed by atoms with Crippen molar-refractivity contribution in [2.75, 3.05) is 24.6 Å². The topological polar surface area (TPSA) is 80.5 Å². The second-order valence-electron chi connectivity index (χ2n) is 4.39. The van der Waals surface area contributed by atoms with E-state index in [4.69, 9.17) is 18.0 Å². The summed E-state index contributed by atoms with van der Waals surface area (Å²) in [5, 5.41) is 0. The van der Waals surface area contributed by atoms with E-state index in [0.29, 0.717) is 11.1 Å². The van der Waals surface area contributed by atoms with Gasteiger partial charge < -0.3 is 10.6 Å². The number of amides is 1. The molecule has 0 aliphatic carbocycles. The van der Waals surface area contributed by atoms with Crippen molar-refractivity contribution in [3.63, 3.8) is 0 Å². The van der Waals surface area contributed by atoms with Crippen LogP contribution in [0.3, 0.4) is 0 Å². The highest BCUT2D eigenvalue weighted by molar-refractivity contribution is 7.91. The molecule has 0 unspecified atom stereocenters. The van der Waals surface area contributed by atoms with E-state index in [1.165, 1.54) is 0 Å². The summed E-state index contributed by atoms with van der Waals surface area (Å²) in [6, 6.07) is 6.75. The molecule has 5 nitrogen and oxygen atoms in total. The fraction of sp³-hybridized carbons (Fsp3) is 0.333. The number of thiocarbonyl (C=S) groups is 1. The van der Waals surface area contributed by atoms with Gasteiger partial charge in [-0.2, -0.15) is 0 Å². The van der Waals surface area contributed by atoms with Crippen molar-refractivity contribution in [2.24, 2.45) is 5.73 Å². The third-order valence-corrected chi connectivity index (χ3v) is 4.87. The van der Waals surface area contributed by atoms with Crippen LogP contribution in [0.15, 0.2) is 24.3 Å². The van der Waals surface area contributed by atoms with Gasteiger partial charge in [-0.15, -0.1) is 0 Å². The zero-order valence-corrected chi connectivity index (χ0v) is 11.8. The zero-order valence-electron chi connectivity index (χ0n) is 10.2. The van der Waals surface area contributed by atoms with E-state index in [1.54, 1.807) is 29.2 Å². The Hall–Kier alpha value is -1.47. The predicted molar refractivity (Wildman–Crippen MR) is 76.9 cm³/mol. The Morgan fingerprint density at radius 1 is 1.21 bits per heavy atom. The lowest BCUT2D eigenvalue weighted by Crippen LogP contribution is -2.43. The summed E-state index contributed by atoms with van der Waals surface area (Å²) in [5.41, 5.74) is 6.63. The second-order valence-corrected chi connectivity index (χ2v) is 7.13. The number of rotatable bonds is 2. The fourth-order valence-electron chi connectivity index (χ4n) is 1.90. The molecule has 1 aromatic rings. The summed E-state index contributed by atoms with van der Waals surface area (Å²) >= 11 is 4.87. The third kappa shape index (κ3) is 3.30. The lowest BCUT2D eigenvalue weighted by atomic mass is 10.1. The quantitative estimate of drug-likeness (QED) is 0.789. The van der Waals surface area contributed by atoms with Gasteiger partial charge >= 0.3 is 0 Å². The van der Waals surface area contributed by atoms with Crippen molar-refractivity contribution in [2.45, 2.75) is 0 Å². The highest BCUT2D eigenvalue weighted by atomic mass is 32.2. The molecule has 1 amide bonds. The summed E-state index contributed by atoms with van der Waals surface area (Å²) in [6.45, 7) is 0.469. The maximum Gasteiger partial charge on any atom is 0.253 e. The number of hydrogen-bond donors (Lipinski definition) is 1. The summed E-state index contributed by atoms with van der Waals surface area (Å²) in [7, 11) is -2.99. The molecule has 0 radical (unpaired) electrons. The third-order valence-electron chi connectivity index (χ3n) is 3.03. The molecule has 1 saturated heterocycles. The van der Waals surface area contributed by atoms with Crippen molar-refractivity contribution in [1.29, 1.82) is 0 Å². The monoisotopic (exact) mass is 298 g/mol. The number of nitrogens with zero attached hydrogens (tertiary/aromatic N) is 1. The maximum atomic E-state index is 12.2. The molecule has 1 aromatic carbocycles. The van der Waals surface area contributed by atoms with Gasteiger partial charge in [-0.1, -0.05) is 24.4 Å². The minimum absolute atomic E-state index is 0.0216. The van der Waals surface area contributed by atoms with E-state index in [-0.39, 0.29) is 35.5 Å². The van der Waals surface area contributed by atoms with Crippen LogP contribution < -0.4 is 5.73 Å². The van der Waals surface area contributed by atoms with E-state index in [0.717, 1.165) is 0 Å². The van der Waals surface area contributed by atoms with Crippen LogP contribution in [0.5, 0.6) is 0 Å². The highest BCUT2D eigenvalue weighted by Gasteiger charge is 2.25. The molecule has 102 valence electrons. The van der Waals surface area contributed by atoms with Crippen molar-refractivity contribution in [1.82, 2.24) is 4.90 Å². The average molecular weight is 298 g/mol. The molecule has 1 fully saturated rings. The number of carbonyl (C=O) groups excluding carboxylic acids is 1. The lowest BCUT2D eigenvalue weighted by Gasteiger charge is -2.26. The van der Waals surface area contributed by atoms with Crippen molar-refractivity contribution >= 4 is 33.0 Å². The molecular weight excluding hydrogens is 284 g/mol. The van der Waals surface area contributed by atoms with Gasteiger partial charge in [0.05, 0.1) is 11.5 Å². The van der Waals surface area contributed by atoms with Crippen LogP contribution in [0.25, 0.3) is 0 Å². The molecule has 0 bridgehead atoms. The number of benzene rings is 1. The van der Waals surface area contributed by atoms with Gasteiger partial charge in [0, 0.05) is 24.2 Å². The molecule has 1 heterocycles. The first kappa shape index (κ1) is 14.0. The molecule has 7 heteroatoms. The molecule has 2 N–H and O–H groups in total. The summed E-state index contributed by atoms with van der Waals surface area (Å²) < 4.78 is 22.7. The van der Waals surface area contributed by atoms with Gasteiger partial charge in [-0.05, 0) is 12.1 Å². The van der Waals surface area contributed by atoms with Crippen LogP contribution in [-0.2, 0) is 9.84 Å². The van der Waals surface area contributed by atoms with Gasteiger partial charge in [-0.25, -0.2) is 8.42 Å². The predicted octanol–water partition coefficient (Wildman–Crippen LogP) is 0.191. The van der Waals surface area contributed by atoms with Crippen LogP contribution in [0.1, 0.15) is 15.9 Å². The zero-order chi connectivity index (χ0) is 14.0. The minimum Gasteiger partial charge on any atom is -0.389 e. The standard InChI is InChI=1S/C12H14N2O3S2/c13-11(18)9-2-1-3-10(8-9)12(15)14-4-6-19(16,17)7-5-14/h1-3,8H,4-7H2,(H2,13,18). The molecule has 2 rings (SSSR count). The van der Waals surface area contributed by atoms with Gasteiger partial charge in [0.15, 0.2) is 9.84 Å². The van der Waals surface area contributed by atoms with Crippen LogP contribution >= 0.6 is 12.2 Å². The molecule has 1 aliphatic heterocycles. The van der Waals surface area contributed by atoms with Gasteiger partial charge in [0.2, 0.25) is 0 Å². The van der Waals surface area contributed by atoms with Crippen LogP contribution in [0.2, 0.25) is 0 Å².